The number of nitrogens with zero attached hydrogens (tertiary/aromatic N) is 2. The van der Waals surface area contributed by atoms with Crippen LogP contribution in [0.2, 0.25) is 0 Å². The van der Waals surface area contributed by atoms with Gasteiger partial charge in [0.25, 0.3) is 0 Å². The SMILES string of the molecule is O=C(CCCCCCC(=O)N/N=C/c1cc(Br)ccc1OC(=O)c1ccccc1)N/N=C/c1cc(Br)ccc1OC(=O)c1ccccc1. The summed E-state index contributed by atoms with van der Waals surface area (Å²) in [5.41, 5.74) is 6.86. The minimum Gasteiger partial charge on any atom is -0.422 e. The minimum absolute atomic E-state index is 0.252. The van der Waals surface area contributed by atoms with E-state index in [0.717, 1.165) is 21.8 Å². The van der Waals surface area contributed by atoms with Crippen molar-refractivity contribution in [1.29, 1.82) is 0 Å². The van der Waals surface area contributed by atoms with Gasteiger partial charge in [-0.3, -0.25) is 9.59 Å². The van der Waals surface area contributed by atoms with Gasteiger partial charge in [-0.1, -0.05) is 81.1 Å². The number of rotatable bonds is 15. The molecule has 10 nitrogen and oxygen atoms in total. The molecule has 0 atom stereocenters. The van der Waals surface area contributed by atoms with Gasteiger partial charge in [-0.15, -0.1) is 0 Å². The number of carbonyl (C=O) groups excluding carboxylic acids is 4. The average molecular weight is 776 g/mol. The lowest BCUT2D eigenvalue weighted by Gasteiger charge is -2.08. The molecule has 0 saturated carbocycles. The third kappa shape index (κ3) is 12.0. The maximum absolute atomic E-state index is 12.5. The Morgan fingerprint density at radius 2 is 0.958 bits per heavy atom. The molecule has 0 spiro atoms. The maximum atomic E-state index is 12.5. The van der Waals surface area contributed by atoms with Crippen LogP contribution in [0.1, 0.15) is 70.4 Å². The molecule has 0 heterocycles. The Balaban J connectivity index is 1.13. The molecular weight excluding hydrogens is 744 g/mol. The van der Waals surface area contributed by atoms with E-state index in [9.17, 15) is 19.2 Å². The van der Waals surface area contributed by atoms with Gasteiger partial charge in [0.2, 0.25) is 11.8 Å². The molecule has 0 bridgehead atoms. The normalized spacial score (nSPS) is 11.0. The van der Waals surface area contributed by atoms with Gasteiger partial charge >= 0.3 is 11.9 Å². The monoisotopic (exact) mass is 774 g/mol. The van der Waals surface area contributed by atoms with Crippen LogP contribution in [-0.4, -0.2) is 36.2 Å². The number of amides is 2. The Morgan fingerprint density at radius 3 is 1.35 bits per heavy atom. The lowest BCUT2D eigenvalue weighted by molar-refractivity contribution is -0.122. The Morgan fingerprint density at radius 1 is 0.562 bits per heavy atom. The molecule has 0 unspecified atom stereocenters. The van der Waals surface area contributed by atoms with Crippen molar-refractivity contribution < 1.29 is 28.7 Å². The molecule has 0 aromatic heterocycles. The number of benzene rings is 4. The van der Waals surface area contributed by atoms with Crippen molar-refractivity contribution >= 4 is 68.0 Å². The van der Waals surface area contributed by atoms with Gasteiger partial charge in [0.15, 0.2) is 0 Å². The second kappa shape index (κ2) is 19.0. The van der Waals surface area contributed by atoms with Crippen LogP contribution in [0, 0.1) is 0 Å². The number of hydrogen-bond acceptors (Lipinski definition) is 8. The zero-order valence-electron chi connectivity index (χ0n) is 25.7. The first-order valence-corrected chi connectivity index (χ1v) is 16.6. The van der Waals surface area contributed by atoms with Crippen LogP contribution >= 0.6 is 31.9 Å². The number of hydrogen-bond donors (Lipinski definition) is 2. The lowest BCUT2D eigenvalue weighted by atomic mass is 10.1. The van der Waals surface area contributed by atoms with E-state index in [-0.39, 0.29) is 24.7 Å². The van der Waals surface area contributed by atoms with Crippen molar-refractivity contribution in [3.63, 3.8) is 0 Å². The Bertz CT molecular complexity index is 1650. The fourth-order valence-corrected chi connectivity index (χ4v) is 5.03. The molecule has 2 N–H and O–H groups in total. The molecule has 246 valence electrons. The molecule has 0 radical (unpaired) electrons. The van der Waals surface area contributed by atoms with Gasteiger partial charge in [-0.2, -0.15) is 10.2 Å². The van der Waals surface area contributed by atoms with E-state index in [0.29, 0.717) is 46.6 Å². The van der Waals surface area contributed by atoms with E-state index < -0.39 is 11.9 Å². The molecule has 48 heavy (non-hydrogen) atoms. The zero-order chi connectivity index (χ0) is 34.1. The van der Waals surface area contributed by atoms with Crippen molar-refractivity contribution in [3.05, 3.63) is 128 Å². The first kappa shape index (κ1) is 35.9. The van der Waals surface area contributed by atoms with Crippen molar-refractivity contribution in [2.45, 2.75) is 38.5 Å². The van der Waals surface area contributed by atoms with Gasteiger partial charge in [0, 0.05) is 32.9 Å². The number of esters is 2. The Kier molecular flexibility index (Phi) is 14.2. The van der Waals surface area contributed by atoms with Crippen LogP contribution in [0.3, 0.4) is 0 Å². The summed E-state index contributed by atoms with van der Waals surface area (Å²) in [6.07, 6.45) is 6.16. The number of unbranched alkanes of at least 4 members (excludes halogenated alkanes) is 3. The van der Waals surface area contributed by atoms with Gasteiger partial charge in [-0.05, 0) is 73.5 Å². The molecule has 0 aliphatic carbocycles. The summed E-state index contributed by atoms with van der Waals surface area (Å²) >= 11 is 6.79. The fourth-order valence-electron chi connectivity index (χ4n) is 4.28. The molecule has 0 fully saturated rings. The number of halogens is 2. The molecule has 0 aliphatic heterocycles. The summed E-state index contributed by atoms with van der Waals surface area (Å²) in [6, 6.07) is 27.5. The first-order valence-electron chi connectivity index (χ1n) is 15.1. The zero-order valence-corrected chi connectivity index (χ0v) is 28.9. The van der Waals surface area contributed by atoms with Crippen molar-refractivity contribution in [1.82, 2.24) is 10.9 Å². The highest BCUT2D eigenvalue weighted by Crippen LogP contribution is 2.24. The van der Waals surface area contributed by atoms with Crippen molar-refractivity contribution in [2.24, 2.45) is 10.2 Å². The first-order chi connectivity index (χ1) is 23.3. The number of hydrazone groups is 2. The predicted octanol–water partition coefficient (Wildman–Crippen LogP) is 7.59. The van der Waals surface area contributed by atoms with Crippen molar-refractivity contribution in [2.75, 3.05) is 0 Å². The second-order valence-corrected chi connectivity index (χ2v) is 12.2. The summed E-state index contributed by atoms with van der Waals surface area (Å²) < 4.78 is 12.6. The van der Waals surface area contributed by atoms with E-state index in [4.69, 9.17) is 9.47 Å². The quantitative estimate of drug-likeness (QED) is 0.0420. The van der Waals surface area contributed by atoms with Crippen LogP contribution < -0.4 is 20.3 Å². The topological polar surface area (TPSA) is 136 Å². The van der Waals surface area contributed by atoms with Gasteiger partial charge in [-0.25, -0.2) is 20.4 Å². The number of carbonyl (C=O) groups is 4. The molecule has 0 aliphatic rings. The molecule has 4 aromatic rings. The van der Waals surface area contributed by atoms with Gasteiger partial charge in [0.05, 0.1) is 23.6 Å². The molecular formula is C36H32Br2N4O6. The average Bonchev–Trinajstić information content (AvgIpc) is 3.09. The molecule has 12 heteroatoms. The Hall–Kier alpha value is -4.94. The highest BCUT2D eigenvalue weighted by atomic mass is 79.9. The highest BCUT2D eigenvalue weighted by Gasteiger charge is 2.13. The van der Waals surface area contributed by atoms with Gasteiger partial charge in [0.1, 0.15) is 11.5 Å². The summed E-state index contributed by atoms with van der Waals surface area (Å²) in [6.45, 7) is 0. The fraction of sp³-hybridized carbons (Fsp3) is 0.167. The number of ether oxygens (including phenoxy) is 2. The lowest BCUT2D eigenvalue weighted by Crippen LogP contribution is -2.17. The standard InChI is InChI=1S/C36H32Br2N4O6/c37-29-17-19-31(47-35(45)25-11-5-3-6-12-25)27(21-29)23-39-41-33(43)15-9-1-2-10-16-34(44)42-40-24-28-22-30(38)18-20-32(28)48-36(46)26-13-7-4-8-14-26/h3-8,11-14,17-24H,1-2,9-10,15-16H2,(H,41,43)(H,42,44)/b39-23+,40-24+. The van der Waals surface area contributed by atoms with Crippen LogP contribution in [0.5, 0.6) is 11.5 Å². The van der Waals surface area contributed by atoms with E-state index in [1.165, 1.54) is 12.4 Å². The summed E-state index contributed by atoms with van der Waals surface area (Å²) in [4.78, 5) is 49.5. The highest BCUT2D eigenvalue weighted by molar-refractivity contribution is 9.10. The van der Waals surface area contributed by atoms with Crippen LogP contribution in [0.25, 0.3) is 0 Å². The Labute approximate surface area is 294 Å². The summed E-state index contributed by atoms with van der Waals surface area (Å²) in [5, 5.41) is 8.04. The maximum Gasteiger partial charge on any atom is 0.343 e. The predicted molar refractivity (Wildman–Crippen MR) is 190 cm³/mol. The third-order valence-corrected chi connectivity index (χ3v) is 7.70. The summed E-state index contributed by atoms with van der Waals surface area (Å²) in [5.74, 6) is -0.890. The largest absolute Gasteiger partial charge is 0.422 e. The van der Waals surface area contributed by atoms with E-state index in [2.05, 4.69) is 52.9 Å². The summed E-state index contributed by atoms with van der Waals surface area (Å²) in [7, 11) is 0. The van der Waals surface area contributed by atoms with E-state index in [1.54, 1.807) is 84.9 Å². The van der Waals surface area contributed by atoms with Crippen LogP contribution in [-0.2, 0) is 9.59 Å². The smallest absolute Gasteiger partial charge is 0.343 e. The van der Waals surface area contributed by atoms with Crippen LogP contribution in [0.15, 0.2) is 116 Å². The third-order valence-electron chi connectivity index (χ3n) is 6.71. The van der Waals surface area contributed by atoms with Crippen LogP contribution in [0.4, 0.5) is 0 Å². The number of nitrogens with one attached hydrogen (secondary N) is 2. The second-order valence-electron chi connectivity index (χ2n) is 10.4. The minimum atomic E-state index is -0.500. The molecule has 2 amide bonds. The molecule has 4 aromatic carbocycles. The van der Waals surface area contributed by atoms with E-state index >= 15 is 0 Å². The molecule has 4 rings (SSSR count). The molecule has 0 saturated heterocycles. The van der Waals surface area contributed by atoms with E-state index in [1.807, 2.05) is 12.1 Å². The van der Waals surface area contributed by atoms with Crippen molar-refractivity contribution in [3.8, 4) is 11.5 Å². The van der Waals surface area contributed by atoms with Gasteiger partial charge < -0.3 is 9.47 Å².